The largest absolute Gasteiger partial charge is 0.306 e. The van der Waals surface area contributed by atoms with Gasteiger partial charge in [0.2, 0.25) is 5.91 Å². The number of anilines is 1. The van der Waals surface area contributed by atoms with Gasteiger partial charge >= 0.3 is 0 Å². The van der Waals surface area contributed by atoms with Gasteiger partial charge in [0.1, 0.15) is 0 Å². The molecule has 0 spiro atoms. The molecule has 2 bridgehead atoms. The maximum Gasteiger partial charge on any atom is 0.244 e. The van der Waals surface area contributed by atoms with Crippen LogP contribution in [0.4, 0.5) is 5.69 Å². The third kappa shape index (κ3) is 1.21. The molecule has 1 aromatic carbocycles. The number of hydrogen-bond acceptors (Lipinski definition) is 2. The van der Waals surface area contributed by atoms with Gasteiger partial charge in [0.15, 0.2) is 0 Å². The number of amides is 1. The molecule has 0 aromatic heterocycles. The van der Waals surface area contributed by atoms with Gasteiger partial charge in [-0.2, -0.15) is 0 Å². The minimum atomic E-state index is 0.115. The third-order valence-electron chi connectivity index (χ3n) is 3.79. The molecular weight excluding hydrogens is 200 g/mol. The average molecular weight is 216 g/mol. The minimum absolute atomic E-state index is 0.115. The van der Waals surface area contributed by atoms with Crippen LogP contribution in [0.15, 0.2) is 24.3 Å². The summed E-state index contributed by atoms with van der Waals surface area (Å²) in [6.45, 7) is 3.07. The summed E-state index contributed by atoms with van der Waals surface area (Å²) in [4.78, 5) is 16.4. The summed E-state index contributed by atoms with van der Waals surface area (Å²) in [6.07, 6.45) is 0.990. The normalized spacial score (nSPS) is 29.1. The number of hydrogen-bond donors (Lipinski definition) is 0. The molecule has 2 heterocycles. The number of carbonyl (C=O) groups is 1. The first-order chi connectivity index (χ1) is 7.68. The van der Waals surface area contributed by atoms with Crippen molar-refractivity contribution in [3.8, 4) is 0 Å². The maximum atomic E-state index is 12.2. The Kier molecular flexibility index (Phi) is 2.04. The van der Waals surface area contributed by atoms with Crippen molar-refractivity contribution in [2.45, 2.75) is 25.4 Å². The number of aryl methyl sites for hydroxylation is 1. The van der Waals surface area contributed by atoms with E-state index in [1.165, 1.54) is 5.56 Å². The zero-order chi connectivity index (χ0) is 11.3. The Bertz CT molecular complexity index is 443. The second kappa shape index (κ2) is 3.32. The fraction of sp³-hybridized carbons (Fsp3) is 0.462. The van der Waals surface area contributed by atoms with Crippen LogP contribution >= 0.6 is 0 Å². The van der Waals surface area contributed by atoms with Gasteiger partial charge in [-0.05, 0) is 32.0 Å². The molecule has 1 aromatic rings. The predicted molar refractivity (Wildman–Crippen MR) is 63.5 cm³/mol. The van der Waals surface area contributed by atoms with Crippen molar-refractivity contribution in [3.63, 3.8) is 0 Å². The van der Waals surface area contributed by atoms with Crippen molar-refractivity contribution >= 4 is 11.6 Å². The van der Waals surface area contributed by atoms with E-state index in [-0.39, 0.29) is 11.9 Å². The van der Waals surface area contributed by atoms with Crippen LogP contribution in [0.1, 0.15) is 12.0 Å². The first-order valence-corrected chi connectivity index (χ1v) is 5.77. The van der Waals surface area contributed by atoms with E-state index in [0.29, 0.717) is 6.04 Å². The Labute approximate surface area is 95.7 Å². The molecule has 0 aliphatic carbocycles. The maximum absolute atomic E-state index is 12.2. The molecule has 84 valence electrons. The Morgan fingerprint density at radius 1 is 1.31 bits per heavy atom. The van der Waals surface area contributed by atoms with E-state index >= 15 is 0 Å². The van der Waals surface area contributed by atoms with Crippen molar-refractivity contribution in [3.05, 3.63) is 29.8 Å². The molecule has 2 saturated heterocycles. The van der Waals surface area contributed by atoms with Crippen LogP contribution in [0.2, 0.25) is 0 Å². The quantitative estimate of drug-likeness (QED) is 0.708. The van der Waals surface area contributed by atoms with Crippen molar-refractivity contribution in [1.82, 2.24) is 4.90 Å². The first-order valence-electron chi connectivity index (χ1n) is 5.77. The van der Waals surface area contributed by atoms with Crippen molar-refractivity contribution in [2.75, 3.05) is 18.5 Å². The van der Waals surface area contributed by atoms with Crippen LogP contribution in [-0.4, -0.2) is 36.5 Å². The highest BCUT2D eigenvalue weighted by Crippen LogP contribution is 2.35. The van der Waals surface area contributed by atoms with E-state index in [9.17, 15) is 4.79 Å². The number of rotatable bonds is 1. The average Bonchev–Trinajstić information content (AvgIpc) is 2.76. The number of para-hydroxylation sites is 1. The standard InChI is InChI=1S/C13H16N2O/c1-9-5-3-4-6-11(9)15-10-7-12(13(15)16)14(2)8-10/h3-6,10,12H,7-8H2,1-2H3. The SMILES string of the molecule is Cc1ccccc1N1C(=O)C2CC1CN2C. The topological polar surface area (TPSA) is 23.6 Å². The molecule has 3 nitrogen and oxygen atoms in total. The van der Waals surface area contributed by atoms with Crippen LogP contribution in [-0.2, 0) is 4.79 Å². The first kappa shape index (κ1) is 9.85. The number of piperazine rings is 1. The monoisotopic (exact) mass is 216 g/mol. The number of benzene rings is 1. The van der Waals surface area contributed by atoms with Crippen LogP contribution < -0.4 is 4.90 Å². The van der Waals surface area contributed by atoms with Gasteiger partial charge in [0, 0.05) is 12.2 Å². The molecular formula is C13H16N2O. The molecule has 2 aliphatic heterocycles. The molecule has 3 rings (SSSR count). The summed E-state index contributed by atoms with van der Waals surface area (Å²) in [6, 6.07) is 8.63. The molecule has 2 fully saturated rings. The van der Waals surface area contributed by atoms with E-state index in [4.69, 9.17) is 0 Å². The van der Waals surface area contributed by atoms with Gasteiger partial charge in [0.05, 0.1) is 12.1 Å². The van der Waals surface area contributed by atoms with E-state index in [0.717, 1.165) is 18.7 Å². The van der Waals surface area contributed by atoms with Crippen LogP contribution in [0.25, 0.3) is 0 Å². The van der Waals surface area contributed by atoms with Gasteiger partial charge in [-0.15, -0.1) is 0 Å². The molecule has 3 heteroatoms. The number of carbonyl (C=O) groups excluding carboxylic acids is 1. The zero-order valence-electron chi connectivity index (χ0n) is 9.68. The smallest absolute Gasteiger partial charge is 0.244 e. The molecule has 16 heavy (non-hydrogen) atoms. The Morgan fingerprint density at radius 3 is 2.69 bits per heavy atom. The van der Waals surface area contributed by atoms with Gasteiger partial charge in [-0.25, -0.2) is 0 Å². The highest BCUT2D eigenvalue weighted by molar-refractivity contribution is 6.01. The van der Waals surface area contributed by atoms with E-state index in [1.54, 1.807) is 0 Å². The van der Waals surface area contributed by atoms with Crippen LogP contribution in [0.5, 0.6) is 0 Å². The van der Waals surface area contributed by atoms with Gasteiger partial charge in [-0.3, -0.25) is 9.69 Å². The number of fused-ring (bicyclic) bond motifs is 2. The van der Waals surface area contributed by atoms with Gasteiger partial charge in [0.25, 0.3) is 0 Å². The van der Waals surface area contributed by atoms with Crippen molar-refractivity contribution in [1.29, 1.82) is 0 Å². The molecule has 2 aliphatic rings. The second-order valence-corrected chi connectivity index (χ2v) is 4.84. The molecule has 2 atom stereocenters. The third-order valence-corrected chi connectivity index (χ3v) is 3.79. The predicted octanol–water partition coefficient (Wildman–Crippen LogP) is 1.41. The van der Waals surface area contributed by atoms with Gasteiger partial charge < -0.3 is 4.90 Å². The highest BCUT2D eigenvalue weighted by Gasteiger charge is 2.48. The van der Waals surface area contributed by atoms with Crippen LogP contribution in [0.3, 0.4) is 0 Å². The van der Waals surface area contributed by atoms with Crippen LogP contribution in [0, 0.1) is 6.92 Å². The summed E-state index contributed by atoms with van der Waals surface area (Å²) < 4.78 is 0. The summed E-state index contributed by atoms with van der Waals surface area (Å²) in [7, 11) is 2.04. The lowest BCUT2D eigenvalue weighted by Crippen LogP contribution is -2.49. The Balaban J connectivity index is 1.99. The summed E-state index contributed by atoms with van der Waals surface area (Å²) in [5, 5.41) is 0. The lowest BCUT2D eigenvalue weighted by Gasteiger charge is -2.32. The second-order valence-electron chi connectivity index (χ2n) is 4.84. The lowest BCUT2D eigenvalue weighted by atomic mass is 10.1. The lowest BCUT2D eigenvalue weighted by molar-refractivity contribution is -0.122. The van der Waals surface area contributed by atoms with Gasteiger partial charge in [-0.1, -0.05) is 18.2 Å². The minimum Gasteiger partial charge on any atom is -0.306 e. The molecule has 1 amide bonds. The zero-order valence-corrected chi connectivity index (χ0v) is 9.68. The number of likely N-dealkylation sites (N-methyl/N-ethyl adjacent to an activating group) is 1. The van der Waals surface area contributed by atoms with E-state index < -0.39 is 0 Å². The number of nitrogens with zero attached hydrogens (tertiary/aromatic N) is 2. The van der Waals surface area contributed by atoms with Crippen molar-refractivity contribution in [2.24, 2.45) is 0 Å². The summed E-state index contributed by atoms with van der Waals surface area (Å²) in [5.74, 6) is 0.271. The Hall–Kier alpha value is -1.35. The fourth-order valence-corrected chi connectivity index (χ4v) is 2.94. The number of likely N-dealkylation sites (tertiary alicyclic amines) is 1. The van der Waals surface area contributed by atoms with E-state index in [2.05, 4.69) is 17.9 Å². The van der Waals surface area contributed by atoms with Crippen molar-refractivity contribution < 1.29 is 4.79 Å². The molecule has 0 radical (unpaired) electrons. The van der Waals surface area contributed by atoms with E-state index in [1.807, 2.05) is 30.1 Å². The Morgan fingerprint density at radius 2 is 2.06 bits per heavy atom. The summed E-state index contributed by atoms with van der Waals surface area (Å²) >= 11 is 0. The molecule has 0 saturated carbocycles. The summed E-state index contributed by atoms with van der Waals surface area (Å²) in [5.41, 5.74) is 2.28. The molecule has 2 unspecified atom stereocenters. The fourth-order valence-electron chi connectivity index (χ4n) is 2.94. The molecule has 0 N–H and O–H groups in total. The highest BCUT2D eigenvalue weighted by atomic mass is 16.2.